The summed E-state index contributed by atoms with van der Waals surface area (Å²) in [5.74, 6) is 0.616. The molecule has 2 aromatic carbocycles. The zero-order chi connectivity index (χ0) is 18.8. The third kappa shape index (κ3) is 3.90. The van der Waals surface area contributed by atoms with Crippen molar-refractivity contribution in [3.8, 4) is 5.75 Å². The van der Waals surface area contributed by atoms with E-state index in [0.29, 0.717) is 13.1 Å². The van der Waals surface area contributed by atoms with E-state index in [4.69, 9.17) is 4.74 Å². The van der Waals surface area contributed by atoms with Crippen molar-refractivity contribution in [3.63, 3.8) is 0 Å². The highest BCUT2D eigenvalue weighted by Crippen LogP contribution is 2.24. The number of halogens is 1. The molecule has 2 saturated heterocycles. The Morgan fingerprint density at radius 2 is 1.85 bits per heavy atom. The molecule has 142 valence electrons. The first-order chi connectivity index (χ1) is 13.1. The summed E-state index contributed by atoms with van der Waals surface area (Å²) in [6.45, 7) is 4.57. The molecule has 5 nitrogen and oxygen atoms in total. The minimum absolute atomic E-state index is 0.0883. The molecule has 2 amide bonds. The summed E-state index contributed by atoms with van der Waals surface area (Å²) in [6, 6.07) is 14.8. The predicted octanol–water partition coefficient (Wildman–Crippen LogP) is 2.96. The third-order valence-electron chi connectivity index (χ3n) is 5.34. The van der Waals surface area contributed by atoms with Crippen LogP contribution in [0.2, 0.25) is 0 Å². The van der Waals surface area contributed by atoms with E-state index in [2.05, 4.69) is 17.0 Å². The van der Waals surface area contributed by atoms with E-state index in [1.165, 1.54) is 17.7 Å². The second-order valence-electron chi connectivity index (χ2n) is 7.22. The highest BCUT2D eigenvalue weighted by molar-refractivity contribution is 5.77. The molecule has 0 aromatic heterocycles. The molecule has 2 aromatic rings. The summed E-state index contributed by atoms with van der Waals surface area (Å²) in [6.07, 6.45) is 0. The number of hydrogen-bond acceptors (Lipinski definition) is 3. The summed E-state index contributed by atoms with van der Waals surface area (Å²) in [7, 11) is 1.68. The fourth-order valence-electron chi connectivity index (χ4n) is 3.96. The Hall–Kier alpha value is -2.60. The quantitative estimate of drug-likeness (QED) is 0.813. The number of urea groups is 1. The summed E-state index contributed by atoms with van der Waals surface area (Å²) < 4.78 is 18.4. The lowest BCUT2D eigenvalue weighted by Gasteiger charge is -2.36. The van der Waals surface area contributed by atoms with Crippen LogP contribution in [-0.2, 0) is 13.1 Å². The molecule has 0 aliphatic carbocycles. The van der Waals surface area contributed by atoms with Crippen molar-refractivity contribution in [3.05, 3.63) is 65.5 Å². The molecule has 6 heteroatoms. The number of piperazine rings is 1. The topological polar surface area (TPSA) is 36.0 Å². The van der Waals surface area contributed by atoms with Gasteiger partial charge in [0.25, 0.3) is 0 Å². The van der Waals surface area contributed by atoms with Crippen LogP contribution in [0.15, 0.2) is 48.5 Å². The minimum atomic E-state index is -0.253. The standard InChI is InChI=1S/C21H24FN3O2/c1-27-20-4-2-3-17(11-20)12-23-9-10-25-19(14-23)15-24(21(25)26)13-16-5-7-18(22)8-6-16/h2-8,11,19H,9-10,12-15H2,1H3. The van der Waals surface area contributed by atoms with Crippen LogP contribution in [-0.4, -0.2) is 60.1 Å². The van der Waals surface area contributed by atoms with Crippen LogP contribution in [0.1, 0.15) is 11.1 Å². The molecule has 0 saturated carbocycles. The predicted molar refractivity (Wildman–Crippen MR) is 101 cm³/mol. The Morgan fingerprint density at radius 1 is 1.04 bits per heavy atom. The number of methoxy groups -OCH3 is 1. The molecular weight excluding hydrogens is 345 g/mol. The number of fused-ring (bicyclic) bond motifs is 1. The molecule has 0 bridgehead atoms. The molecule has 4 rings (SSSR count). The van der Waals surface area contributed by atoms with E-state index in [-0.39, 0.29) is 17.9 Å². The van der Waals surface area contributed by atoms with Crippen molar-refractivity contribution in [2.75, 3.05) is 33.3 Å². The normalized spacial score (nSPS) is 20.1. The lowest BCUT2D eigenvalue weighted by atomic mass is 10.1. The van der Waals surface area contributed by atoms with Crippen LogP contribution in [0, 0.1) is 5.82 Å². The zero-order valence-electron chi connectivity index (χ0n) is 15.5. The lowest BCUT2D eigenvalue weighted by Crippen LogP contribution is -2.51. The molecule has 2 heterocycles. The Bertz CT molecular complexity index is 811. The summed E-state index contributed by atoms with van der Waals surface area (Å²) in [5, 5.41) is 0. The Labute approximate surface area is 158 Å². The largest absolute Gasteiger partial charge is 0.497 e. The molecule has 0 radical (unpaired) electrons. The Balaban J connectivity index is 1.38. The highest BCUT2D eigenvalue weighted by atomic mass is 19.1. The van der Waals surface area contributed by atoms with Crippen molar-refractivity contribution in [2.45, 2.75) is 19.1 Å². The van der Waals surface area contributed by atoms with Gasteiger partial charge in [0, 0.05) is 39.3 Å². The minimum Gasteiger partial charge on any atom is -0.497 e. The fraction of sp³-hybridized carbons (Fsp3) is 0.381. The molecular formula is C21H24FN3O2. The molecule has 0 N–H and O–H groups in total. The maximum Gasteiger partial charge on any atom is 0.320 e. The molecule has 0 spiro atoms. The van der Waals surface area contributed by atoms with Crippen molar-refractivity contribution in [1.29, 1.82) is 0 Å². The molecule has 1 unspecified atom stereocenters. The van der Waals surface area contributed by atoms with Gasteiger partial charge < -0.3 is 14.5 Å². The average Bonchev–Trinajstić information content (AvgIpc) is 2.99. The van der Waals surface area contributed by atoms with Crippen molar-refractivity contribution >= 4 is 6.03 Å². The van der Waals surface area contributed by atoms with Crippen LogP contribution in [0.4, 0.5) is 9.18 Å². The number of benzene rings is 2. The first kappa shape index (κ1) is 17.8. The van der Waals surface area contributed by atoms with Gasteiger partial charge in [-0.1, -0.05) is 24.3 Å². The van der Waals surface area contributed by atoms with Crippen LogP contribution in [0.25, 0.3) is 0 Å². The maximum atomic E-state index is 13.1. The summed E-state index contributed by atoms with van der Waals surface area (Å²) in [4.78, 5) is 18.9. The van der Waals surface area contributed by atoms with Gasteiger partial charge in [-0.05, 0) is 35.4 Å². The van der Waals surface area contributed by atoms with E-state index in [0.717, 1.165) is 37.5 Å². The van der Waals surface area contributed by atoms with Gasteiger partial charge in [-0.2, -0.15) is 0 Å². The monoisotopic (exact) mass is 369 g/mol. The van der Waals surface area contributed by atoms with Gasteiger partial charge >= 0.3 is 6.03 Å². The van der Waals surface area contributed by atoms with E-state index >= 15 is 0 Å². The first-order valence-corrected chi connectivity index (χ1v) is 9.27. The lowest BCUT2D eigenvalue weighted by molar-refractivity contribution is 0.116. The summed E-state index contributed by atoms with van der Waals surface area (Å²) >= 11 is 0. The number of rotatable bonds is 5. The van der Waals surface area contributed by atoms with Gasteiger partial charge in [0.05, 0.1) is 13.2 Å². The van der Waals surface area contributed by atoms with Crippen LogP contribution in [0.3, 0.4) is 0 Å². The van der Waals surface area contributed by atoms with Gasteiger partial charge in [0.1, 0.15) is 11.6 Å². The first-order valence-electron chi connectivity index (χ1n) is 9.27. The maximum absolute atomic E-state index is 13.1. The number of amides is 2. The Kier molecular flexibility index (Phi) is 4.99. The average molecular weight is 369 g/mol. The number of nitrogens with zero attached hydrogens (tertiary/aromatic N) is 3. The van der Waals surface area contributed by atoms with Crippen LogP contribution in [0.5, 0.6) is 5.75 Å². The van der Waals surface area contributed by atoms with Gasteiger partial charge in [-0.25, -0.2) is 9.18 Å². The molecule has 2 aliphatic rings. The van der Waals surface area contributed by atoms with Crippen molar-refractivity contribution in [2.24, 2.45) is 0 Å². The number of ether oxygens (including phenoxy) is 1. The third-order valence-corrected chi connectivity index (χ3v) is 5.34. The molecule has 2 fully saturated rings. The van der Waals surface area contributed by atoms with Crippen molar-refractivity contribution < 1.29 is 13.9 Å². The highest BCUT2D eigenvalue weighted by Gasteiger charge is 2.40. The van der Waals surface area contributed by atoms with Crippen LogP contribution < -0.4 is 4.74 Å². The van der Waals surface area contributed by atoms with Crippen LogP contribution >= 0.6 is 0 Å². The van der Waals surface area contributed by atoms with Gasteiger partial charge in [0.15, 0.2) is 0 Å². The fourth-order valence-corrected chi connectivity index (χ4v) is 3.96. The van der Waals surface area contributed by atoms with Crippen molar-refractivity contribution in [1.82, 2.24) is 14.7 Å². The number of carbonyl (C=O) groups is 1. The van der Waals surface area contributed by atoms with Gasteiger partial charge in [-0.3, -0.25) is 4.90 Å². The molecule has 1 atom stereocenters. The second kappa shape index (κ2) is 7.56. The van der Waals surface area contributed by atoms with E-state index < -0.39 is 0 Å². The molecule has 27 heavy (non-hydrogen) atoms. The number of hydrogen-bond donors (Lipinski definition) is 0. The second-order valence-corrected chi connectivity index (χ2v) is 7.22. The van der Waals surface area contributed by atoms with E-state index in [1.54, 1.807) is 19.2 Å². The van der Waals surface area contributed by atoms with E-state index in [1.807, 2.05) is 21.9 Å². The SMILES string of the molecule is COc1cccc(CN2CCN3C(=O)N(Cc4ccc(F)cc4)CC3C2)c1. The zero-order valence-corrected chi connectivity index (χ0v) is 15.5. The Morgan fingerprint density at radius 3 is 2.63 bits per heavy atom. The molecule has 2 aliphatic heterocycles. The number of carbonyl (C=O) groups excluding carboxylic acids is 1. The summed E-state index contributed by atoms with van der Waals surface area (Å²) in [5.41, 5.74) is 2.17. The van der Waals surface area contributed by atoms with E-state index in [9.17, 15) is 9.18 Å². The van der Waals surface area contributed by atoms with Gasteiger partial charge in [0.2, 0.25) is 0 Å². The van der Waals surface area contributed by atoms with Gasteiger partial charge in [-0.15, -0.1) is 0 Å². The smallest absolute Gasteiger partial charge is 0.320 e.